The van der Waals surface area contributed by atoms with E-state index in [4.69, 9.17) is 0 Å². The predicted octanol–water partition coefficient (Wildman–Crippen LogP) is 17.1. The molecule has 0 radical (unpaired) electrons. The van der Waals surface area contributed by atoms with Gasteiger partial charge in [0.1, 0.15) is 0 Å². The van der Waals surface area contributed by atoms with Gasteiger partial charge in [-0.3, -0.25) is 0 Å². The lowest BCUT2D eigenvalue weighted by molar-refractivity contribution is 1.50. The van der Waals surface area contributed by atoms with Gasteiger partial charge in [0.05, 0.1) is 0 Å². The molecule has 0 saturated carbocycles. The zero-order valence-corrected chi connectivity index (χ0v) is 34.0. The lowest BCUT2D eigenvalue weighted by atomic mass is 10.1. The monoisotopic (exact) mass is 633 g/mol. The van der Waals surface area contributed by atoms with Gasteiger partial charge in [0.2, 0.25) is 0 Å². The van der Waals surface area contributed by atoms with Crippen LogP contribution in [0.15, 0.2) is 158 Å². The maximum absolute atomic E-state index is 2.12. The van der Waals surface area contributed by atoms with Crippen molar-refractivity contribution in [2.45, 2.75) is 125 Å². The number of hydrogen-bond acceptors (Lipinski definition) is 0. The molecule has 46 heavy (non-hydrogen) atoms. The third-order valence-corrected chi connectivity index (χ3v) is 3.66. The van der Waals surface area contributed by atoms with E-state index >= 15 is 0 Å². The Labute approximate surface area is 292 Å². The minimum absolute atomic E-state index is 1.31. The highest BCUT2D eigenvalue weighted by Crippen LogP contribution is 2.11. The van der Waals surface area contributed by atoms with Crippen LogP contribution in [0.4, 0.5) is 0 Å². The molecular weight excluding hydrogens is 553 g/mol. The van der Waals surface area contributed by atoms with Crippen molar-refractivity contribution in [2.75, 3.05) is 0 Å². The fourth-order valence-electron chi connectivity index (χ4n) is 2.29. The Morgan fingerprint density at radius 1 is 0.152 bits per heavy atom. The van der Waals surface area contributed by atoms with Crippen LogP contribution in [0.25, 0.3) is 10.8 Å². The molecule has 0 saturated heterocycles. The molecule has 0 unspecified atom stereocenters. The molecule has 0 heteroatoms. The summed E-state index contributed by atoms with van der Waals surface area (Å²) >= 11 is 0. The summed E-state index contributed by atoms with van der Waals surface area (Å²) in [7, 11) is 0. The van der Waals surface area contributed by atoms with Gasteiger partial charge in [-0.15, -0.1) is 0 Å². The number of hydrogen-bond donors (Lipinski definition) is 0. The highest BCUT2D eigenvalue weighted by molar-refractivity contribution is 5.82. The Balaban J connectivity index is -0.0000000608. The zero-order chi connectivity index (χ0) is 37.5. The van der Waals surface area contributed by atoms with Crippen molar-refractivity contribution in [3.05, 3.63) is 158 Å². The van der Waals surface area contributed by atoms with E-state index in [1.165, 1.54) is 10.8 Å². The largest absolute Gasteiger partial charge is 0.0683 e. The summed E-state index contributed by atoms with van der Waals surface area (Å²) in [5.74, 6) is 0. The van der Waals surface area contributed by atoms with E-state index in [2.05, 4.69) is 48.5 Å². The molecule has 0 N–H and O–H groups in total. The van der Waals surface area contributed by atoms with E-state index in [0.717, 1.165) is 0 Å². The fourth-order valence-corrected chi connectivity index (χ4v) is 2.29. The third kappa shape index (κ3) is 59.7. The molecule has 0 fully saturated rings. The molecule has 0 aliphatic rings. The minimum atomic E-state index is 1.31. The van der Waals surface area contributed by atoms with Crippen molar-refractivity contribution in [2.24, 2.45) is 0 Å². The average Bonchev–Trinajstić information content (AvgIpc) is 3.24. The van der Waals surface area contributed by atoms with Crippen molar-refractivity contribution in [3.8, 4) is 0 Å². The Hall–Kier alpha value is -3.64. The lowest BCUT2D eigenvalue weighted by Crippen LogP contribution is -1.67. The SMILES string of the molecule is CC.CC.CC.CC.CC.CC.CC.CC.CC.c1ccc2ccccc2c1.c1ccccc1.c1ccccc1.c1ccccc1. The maximum Gasteiger partial charge on any atom is -0.0184 e. The molecule has 5 aromatic carbocycles. The van der Waals surface area contributed by atoms with Gasteiger partial charge in [-0.05, 0) is 10.8 Å². The first-order valence-corrected chi connectivity index (χ1v) is 18.4. The second-order valence-corrected chi connectivity index (χ2v) is 5.81. The van der Waals surface area contributed by atoms with E-state index in [1.807, 2.05) is 234 Å². The quantitative estimate of drug-likeness (QED) is 0.159. The zero-order valence-electron chi connectivity index (χ0n) is 34.0. The Bertz CT molecular complexity index is 725. The maximum atomic E-state index is 2.12. The van der Waals surface area contributed by atoms with Gasteiger partial charge >= 0.3 is 0 Å². The first-order chi connectivity index (χ1) is 23.0. The molecule has 0 amide bonds. The molecular formula is C46H80. The van der Waals surface area contributed by atoms with Crippen LogP contribution >= 0.6 is 0 Å². The third-order valence-electron chi connectivity index (χ3n) is 3.66. The average molecular weight is 633 g/mol. The highest BCUT2D eigenvalue weighted by Gasteiger charge is 1.85. The second kappa shape index (κ2) is 83.8. The smallest absolute Gasteiger partial charge is 0.0184 e. The van der Waals surface area contributed by atoms with Crippen molar-refractivity contribution < 1.29 is 0 Å². The van der Waals surface area contributed by atoms with Crippen LogP contribution in [-0.4, -0.2) is 0 Å². The molecule has 0 spiro atoms. The first kappa shape index (κ1) is 61.4. The van der Waals surface area contributed by atoms with E-state index in [1.54, 1.807) is 0 Å². The van der Waals surface area contributed by atoms with Crippen LogP contribution in [0.5, 0.6) is 0 Å². The molecule has 5 rings (SSSR count). The molecule has 0 aliphatic heterocycles. The summed E-state index contributed by atoms with van der Waals surface area (Å²) in [5.41, 5.74) is 0. The van der Waals surface area contributed by atoms with Crippen LogP contribution in [0.3, 0.4) is 0 Å². The lowest BCUT2D eigenvalue weighted by Gasteiger charge is -1.92. The van der Waals surface area contributed by atoms with E-state index in [-0.39, 0.29) is 0 Å². The summed E-state index contributed by atoms with van der Waals surface area (Å²) in [6.45, 7) is 36.0. The second-order valence-electron chi connectivity index (χ2n) is 5.81. The number of fused-ring (bicyclic) bond motifs is 1. The van der Waals surface area contributed by atoms with E-state index in [9.17, 15) is 0 Å². The van der Waals surface area contributed by atoms with Crippen molar-refractivity contribution in [3.63, 3.8) is 0 Å². The number of benzene rings is 5. The minimum Gasteiger partial charge on any atom is -0.0683 e. The standard InChI is InChI=1S/C10H8.3C6H6.9C2H6/c1-2-6-10-8-4-3-7-9(10)5-1;3*1-2-4-6-5-3-1;9*1-2/h1-8H;3*1-6H;9*1-2H3. The van der Waals surface area contributed by atoms with Gasteiger partial charge in [0.25, 0.3) is 0 Å². The summed E-state index contributed by atoms with van der Waals surface area (Å²) < 4.78 is 0. The molecule has 0 heterocycles. The van der Waals surface area contributed by atoms with Gasteiger partial charge in [0, 0.05) is 0 Å². The summed E-state index contributed by atoms with van der Waals surface area (Å²) in [6, 6.07) is 52.7. The van der Waals surface area contributed by atoms with Crippen molar-refractivity contribution in [1.29, 1.82) is 0 Å². The van der Waals surface area contributed by atoms with Gasteiger partial charge in [-0.1, -0.05) is 282 Å². The van der Waals surface area contributed by atoms with E-state index < -0.39 is 0 Å². The topological polar surface area (TPSA) is 0 Å². The van der Waals surface area contributed by atoms with Crippen LogP contribution < -0.4 is 0 Å². The number of rotatable bonds is 0. The molecule has 0 nitrogen and oxygen atoms in total. The van der Waals surface area contributed by atoms with Crippen LogP contribution in [0.2, 0.25) is 0 Å². The van der Waals surface area contributed by atoms with Gasteiger partial charge in [0.15, 0.2) is 0 Å². The molecule has 0 bridgehead atoms. The summed E-state index contributed by atoms with van der Waals surface area (Å²) in [6.07, 6.45) is 0. The van der Waals surface area contributed by atoms with Gasteiger partial charge in [-0.2, -0.15) is 0 Å². The Kier molecular flexibility index (Phi) is 112. The summed E-state index contributed by atoms with van der Waals surface area (Å²) in [5, 5.41) is 2.62. The molecule has 0 aromatic heterocycles. The Morgan fingerprint density at radius 3 is 0.326 bits per heavy atom. The summed E-state index contributed by atoms with van der Waals surface area (Å²) in [4.78, 5) is 0. The normalized spacial score (nSPS) is 6.48. The fraction of sp³-hybridized carbons (Fsp3) is 0.391. The van der Waals surface area contributed by atoms with Crippen LogP contribution in [0, 0.1) is 0 Å². The molecule has 264 valence electrons. The molecule has 0 atom stereocenters. The Morgan fingerprint density at radius 2 is 0.239 bits per heavy atom. The first-order valence-electron chi connectivity index (χ1n) is 18.4. The highest BCUT2D eigenvalue weighted by atomic mass is 13.9. The van der Waals surface area contributed by atoms with E-state index in [0.29, 0.717) is 0 Å². The van der Waals surface area contributed by atoms with Crippen LogP contribution in [-0.2, 0) is 0 Å². The predicted molar refractivity (Wildman–Crippen MR) is 225 cm³/mol. The van der Waals surface area contributed by atoms with Gasteiger partial charge in [-0.25, -0.2) is 0 Å². The van der Waals surface area contributed by atoms with Crippen molar-refractivity contribution >= 4 is 10.8 Å². The van der Waals surface area contributed by atoms with Crippen LogP contribution in [0.1, 0.15) is 125 Å². The molecule has 5 aromatic rings. The van der Waals surface area contributed by atoms with Crippen molar-refractivity contribution in [1.82, 2.24) is 0 Å². The van der Waals surface area contributed by atoms with Gasteiger partial charge < -0.3 is 0 Å². The molecule has 0 aliphatic carbocycles.